The summed E-state index contributed by atoms with van der Waals surface area (Å²) in [7, 11) is 1.38. The molecular formula is C26H25NO3. The fourth-order valence-electron chi connectivity index (χ4n) is 5.30. The first kappa shape index (κ1) is 19.0. The number of aliphatic hydroxyl groups is 1. The van der Waals surface area contributed by atoms with Gasteiger partial charge in [0.15, 0.2) is 0 Å². The second-order valence-corrected chi connectivity index (χ2v) is 8.16. The molecule has 0 amide bonds. The van der Waals surface area contributed by atoms with E-state index in [4.69, 9.17) is 4.74 Å². The van der Waals surface area contributed by atoms with Crippen LogP contribution in [-0.4, -0.2) is 30.3 Å². The number of aliphatic hydroxyl groups excluding tert-OH is 1. The summed E-state index contributed by atoms with van der Waals surface area (Å²) >= 11 is 0. The molecule has 0 bridgehead atoms. The van der Waals surface area contributed by atoms with Gasteiger partial charge >= 0.3 is 5.97 Å². The molecule has 4 heteroatoms. The molecule has 0 spiro atoms. The van der Waals surface area contributed by atoms with E-state index in [0.717, 1.165) is 5.56 Å². The second kappa shape index (κ2) is 7.38. The lowest BCUT2D eigenvalue weighted by Crippen LogP contribution is -2.52. The van der Waals surface area contributed by atoms with Gasteiger partial charge in [0.25, 0.3) is 0 Å². The number of ether oxygens (including phenoxy) is 1. The van der Waals surface area contributed by atoms with Gasteiger partial charge in [-0.2, -0.15) is 0 Å². The maximum absolute atomic E-state index is 12.1. The zero-order chi connectivity index (χ0) is 20.7. The van der Waals surface area contributed by atoms with E-state index >= 15 is 0 Å². The monoisotopic (exact) mass is 399 g/mol. The molecule has 30 heavy (non-hydrogen) atoms. The van der Waals surface area contributed by atoms with E-state index in [1.54, 1.807) is 0 Å². The highest BCUT2D eigenvalue weighted by Crippen LogP contribution is 2.51. The number of hydrogen-bond acceptors (Lipinski definition) is 4. The molecule has 0 heterocycles. The predicted molar refractivity (Wildman–Crippen MR) is 116 cm³/mol. The average molecular weight is 399 g/mol. The van der Waals surface area contributed by atoms with E-state index < -0.39 is 17.6 Å². The van der Waals surface area contributed by atoms with Gasteiger partial charge in [-0.1, -0.05) is 78.9 Å². The van der Waals surface area contributed by atoms with E-state index in [1.807, 2.05) is 18.2 Å². The lowest BCUT2D eigenvalue weighted by atomic mass is 9.79. The summed E-state index contributed by atoms with van der Waals surface area (Å²) in [5.74, 6) is -0.833. The van der Waals surface area contributed by atoms with Crippen LogP contribution in [0.3, 0.4) is 0 Å². The Balaban J connectivity index is 1.67. The minimum atomic E-state index is -0.794. The molecule has 5 rings (SSSR count). The van der Waals surface area contributed by atoms with Gasteiger partial charge in [0.2, 0.25) is 0 Å². The van der Waals surface area contributed by atoms with E-state index in [1.165, 1.54) is 29.4 Å². The molecule has 152 valence electrons. The number of methoxy groups -OCH3 is 1. The van der Waals surface area contributed by atoms with Crippen molar-refractivity contribution in [3.05, 3.63) is 95.6 Å². The lowest BCUT2D eigenvalue weighted by molar-refractivity contribution is -0.148. The maximum atomic E-state index is 12.1. The Labute approximate surface area is 176 Å². The first-order chi connectivity index (χ1) is 14.7. The van der Waals surface area contributed by atoms with Crippen LogP contribution in [0.1, 0.15) is 29.5 Å². The van der Waals surface area contributed by atoms with Crippen LogP contribution in [0.4, 0.5) is 0 Å². The highest BCUT2D eigenvalue weighted by molar-refractivity contribution is 5.83. The number of carbonyl (C=O) groups excluding carboxylic acids is 1. The Morgan fingerprint density at radius 3 is 2.07 bits per heavy atom. The molecule has 3 aromatic carbocycles. The summed E-state index contributed by atoms with van der Waals surface area (Å²) in [6, 6.07) is 27.0. The Kier molecular flexibility index (Phi) is 4.69. The maximum Gasteiger partial charge on any atom is 0.311 e. The second-order valence-electron chi connectivity index (χ2n) is 8.16. The molecule has 2 N–H and O–H groups in total. The van der Waals surface area contributed by atoms with Crippen molar-refractivity contribution in [2.24, 2.45) is 5.92 Å². The number of hydrogen-bond donors (Lipinski definition) is 2. The van der Waals surface area contributed by atoms with Crippen LogP contribution in [0.5, 0.6) is 0 Å². The molecule has 2 aliphatic rings. The van der Waals surface area contributed by atoms with E-state index in [0.29, 0.717) is 12.8 Å². The topological polar surface area (TPSA) is 58.6 Å². The van der Waals surface area contributed by atoms with Crippen molar-refractivity contribution in [1.82, 2.24) is 5.32 Å². The van der Waals surface area contributed by atoms with Gasteiger partial charge in [-0.05, 0) is 40.7 Å². The molecule has 1 saturated carbocycles. The summed E-state index contributed by atoms with van der Waals surface area (Å²) < 4.78 is 4.92. The van der Waals surface area contributed by atoms with Crippen molar-refractivity contribution in [2.45, 2.75) is 30.5 Å². The van der Waals surface area contributed by atoms with Crippen LogP contribution in [-0.2, 0) is 15.1 Å². The standard InChI is InChI=1S/C26H25NO3/c1-30-25(29)20-15-16-23(24(20)28)27-26(17-9-3-2-4-10-17)21-13-7-5-11-18(21)19-12-6-8-14-22(19)26/h2-14,20,23-24,27-28H,15-16H2,1H3/t20-,23+,24+/m1/s1. The fourth-order valence-corrected chi connectivity index (χ4v) is 5.30. The number of nitrogens with one attached hydrogen (secondary N) is 1. The molecule has 4 nitrogen and oxygen atoms in total. The first-order valence-electron chi connectivity index (χ1n) is 10.5. The third kappa shape index (κ3) is 2.72. The van der Waals surface area contributed by atoms with E-state index in [2.05, 4.69) is 66.0 Å². The van der Waals surface area contributed by atoms with Crippen molar-refractivity contribution >= 4 is 5.97 Å². The van der Waals surface area contributed by atoms with Crippen molar-refractivity contribution in [1.29, 1.82) is 0 Å². The zero-order valence-corrected chi connectivity index (χ0v) is 16.9. The largest absolute Gasteiger partial charge is 0.469 e. The van der Waals surface area contributed by atoms with Gasteiger partial charge in [-0.15, -0.1) is 0 Å². The smallest absolute Gasteiger partial charge is 0.311 e. The molecule has 0 unspecified atom stereocenters. The average Bonchev–Trinajstić information content (AvgIpc) is 3.31. The summed E-state index contributed by atoms with van der Waals surface area (Å²) in [6.45, 7) is 0. The number of carbonyl (C=O) groups is 1. The van der Waals surface area contributed by atoms with E-state index in [9.17, 15) is 9.90 Å². The van der Waals surface area contributed by atoms with Gasteiger partial charge in [-0.3, -0.25) is 10.1 Å². The lowest BCUT2D eigenvalue weighted by Gasteiger charge is -2.38. The first-order valence-corrected chi connectivity index (χ1v) is 10.5. The van der Waals surface area contributed by atoms with Gasteiger partial charge in [0, 0.05) is 6.04 Å². The van der Waals surface area contributed by atoms with Crippen LogP contribution in [0.25, 0.3) is 11.1 Å². The molecule has 0 aromatic heterocycles. The molecule has 0 radical (unpaired) electrons. The van der Waals surface area contributed by atoms with Crippen molar-refractivity contribution < 1.29 is 14.6 Å². The molecule has 3 aromatic rings. The molecule has 2 aliphatic carbocycles. The van der Waals surface area contributed by atoms with Crippen molar-refractivity contribution in [3.63, 3.8) is 0 Å². The number of rotatable bonds is 4. The van der Waals surface area contributed by atoms with Crippen LogP contribution in [0, 0.1) is 5.92 Å². The number of fused-ring (bicyclic) bond motifs is 3. The van der Waals surface area contributed by atoms with Crippen LogP contribution >= 0.6 is 0 Å². The Hall–Kier alpha value is -2.95. The number of benzene rings is 3. The van der Waals surface area contributed by atoms with Crippen molar-refractivity contribution in [3.8, 4) is 11.1 Å². The summed E-state index contributed by atoms with van der Waals surface area (Å²) in [4.78, 5) is 12.1. The quantitative estimate of drug-likeness (QED) is 0.654. The van der Waals surface area contributed by atoms with Gasteiger partial charge < -0.3 is 9.84 Å². The van der Waals surface area contributed by atoms with Crippen LogP contribution in [0.2, 0.25) is 0 Å². The summed E-state index contributed by atoms with van der Waals surface area (Å²) in [5, 5.41) is 14.8. The molecule has 1 fully saturated rings. The molecule has 0 saturated heterocycles. The van der Waals surface area contributed by atoms with Gasteiger partial charge in [-0.25, -0.2) is 0 Å². The van der Waals surface area contributed by atoms with Gasteiger partial charge in [0.1, 0.15) is 0 Å². The fraction of sp³-hybridized carbons (Fsp3) is 0.269. The normalized spacial score (nSPS) is 23.6. The van der Waals surface area contributed by atoms with E-state index in [-0.39, 0.29) is 12.0 Å². The SMILES string of the molecule is COC(=O)[C@@H]1CC[C@H](NC2(c3ccccc3)c3ccccc3-c3ccccc32)[C@H]1O. The predicted octanol–water partition coefficient (Wildman–Crippen LogP) is 3.86. The Bertz CT molecular complexity index is 1030. The third-order valence-electron chi connectivity index (χ3n) is 6.68. The summed E-state index contributed by atoms with van der Waals surface area (Å²) in [5.41, 5.74) is 5.27. The third-order valence-corrected chi connectivity index (χ3v) is 6.68. The minimum absolute atomic E-state index is 0.228. The Morgan fingerprint density at radius 1 is 0.900 bits per heavy atom. The highest BCUT2D eigenvalue weighted by Gasteiger charge is 2.49. The molecule has 0 aliphatic heterocycles. The van der Waals surface area contributed by atoms with Crippen molar-refractivity contribution in [2.75, 3.05) is 7.11 Å². The number of esters is 1. The molecule has 3 atom stereocenters. The zero-order valence-electron chi connectivity index (χ0n) is 16.9. The van der Waals surface area contributed by atoms with Crippen LogP contribution < -0.4 is 5.32 Å². The van der Waals surface area contributed by atoms with Gasteiger partial charge in [0.05, 0.1) is 24.7 Å². The minimum Gasteiger partial charge on any atom is -0.469 e. The summed E-state index contributed by atoms with van der Waals surface area (Å²) in [6.07, 6.45) is 0.525. The Morgan fingerprint density at radius 2 is 1.47 bits per heavy atom. The van der Waals surface area contributed by atoms with Crippen LogP contribution in [0.15, 0.2) is 78.9 Å². The molecular weight excluding hydrogens is 374 g/mol. The highest BCUT2D eigenvalue weighted by atomic mass is 16.5.